The fourth-order valence-corrected chi connectivity index (χ4v) is 2.52. The van der Waals surface area contributed by atoms with E-state index < -0.39 is 0 Å². The number of esters is 1. The Bertz CT molecular complexity index is 774. The minimum atomic E-state index is -0.289. The third-order valence-electron chi connectivity index (χ3n) is 3.67. The van der Waals surface area contributed by atoms with Gasteiger partial charge in [0.15, 0.2) is 0 Å². The van der Waals surface area contributed by atoms with E-state index in [9.17, 15) is 4.79 Å². The van der Waals surface area contributed by atoms with E-state index in [0.717, 1.165) is 16.5 Å². The number of hydrogen-bond acceptors (Lipinski definition) is 2. The van der Waals surface area contributed by atoms with Crippen LogP contribution in [0.5, 0.6) is 0 Å². The van der Waals surface area contributed by atoms with E-state index in [4.69, 9.17) is 4.74 Å². The minimum Gasteiger partial charge on any atom is -0.454 e. The first-order chi connectivity index (χ1) is 10.2. The van der Waals surface area contributed by atoms with Gasteiger partial charge in [-0.2, -0.15) is 0 Å². The van der Waals surface area contributed by atoms with Crippen molar-refractivity contribution in [3.63, 3.8) is 0 Å². The van der Waals surface area contributed by atoms with Crippen LogP contribution < -0.4 is 0 Å². The zero-order valence-corrected chi connectivity index (χ0v) is 12.1. The van der Waals surface area contributed by atoms with Gasteiger partial charge in [-0.05, 0) is 18.6 Å². The molecule has 106 valence electrons. The number of hydrogen-bond donors (Lipinski definition) is 0. The summed E-state index contributed by atoms with van der Waals surface area (Å²) in [5.41, 5.74) is 2.62. The van der Waals surface area contributed by atoms with Crippen molar-refractivity contribution in [2.24, 2.45) is 7.05 Å². The van der Waals surface area contributed by atoms with E-state index >= 15 is 0 Å². The highest BCUT2D eigenvalue weighted by molar-refractivity contribution is 6.04. The first kappa shape index (κ1) is 13.4. The zero-order valence-electron chi connectivity index (χ0n) is 12.1. The van der Waals surface area contributed by atoms with E-state index in [1.54, 1.807) is 0 Å². The number of aryl methyl sites for hydroxylation is 1. The van der Waals surface area contributed by atoms with Gasteiger partial charge in [0.05, 0.1) is 5.56 Å². The molecule has 0 aliphatic carbocycles. The summed E-state index contributed by atoms with van der Waals surface area (Å²) in [5.74, 6) is -0.289. The van der Waals surface area contributed by atoms with Crippen LogP contribution in [0, 0.1) is 0 Å². The third kappa shape index (κ3) is 2.55. The number of nitrogens with zero attached hydrogens (tertiary/aromatic N) is 1. The van der Waals surface area contributed by atoms with Crippen LogP contribution in [0.25, 0.3) is 10.9 Å². The number of fused-ring (bicyclic) bond motifs is 1. The highest BCUT2D eigenvalue weighted by Gasteiger charge is 2.18. The second kappa shape index (κ2) is 5.44. The average molecular weight is 279 g/mol. The van der Waals surface area contributed by atoms with Crippen molar-refractivity contribution >= 4 is 16.9 Å². The van der Waals surface area contributed by atoms with Gasteiger partial charge >= 0.3 is 5.97 Å². The summed E-state index contributed by atoms with van der Waals surface area (Å²) in [6, 6.07) is 17.6. The zero-order chi connectivity index (χ0) is 14.8. The highest BCUT2D eigenvalue weighted by Crippen LogP contribution is 2.24. The lowest BCUT2D eigenvalue weighted by molar-refractivity contribution is 0.0340. The van der Waals surface area contributed by atoms with Crippen LogP contribution in [0.4, 0.5) is 0 Å². The Balaban J connectivity index is 1.88. The predicted molar refractivity (Wildman–Crippen MR) is 83.2 cm³/mol. The van der Waals surface area contributed by atoms with E-state index in [-0.39, 0.29) is 12.1 Å². The standard InChI is InChI=1S/C18H17NO2/c1-13(14-8-4-3-5-9-14)21-18(20)16-12-19(2)17-11-7-6-10-15(16)17/h3-13H,1-2H3/t13-/m0/s1. The van der Waals surface area contributed by atoms with Crippen molar-refractivity contribution in [2.75, 3.05) is 0 Å². The van der Waals surface area contributed by atoms with Crippen LogP contribution in [-0.2, 0) is 11.8 Å². The Morgan fingerprint density at radius 3 is 2.48 bits per heavy atom. The topological polar surface area (TPSA) is 31.2 Å². The molecular formula is C18H17NO2. The Labute approximate surface area is 123 Å². The van der Waals surface area contributed by atoms with Gasteiger partial charge in [0.25, 0.3) is 0 Å². The fraction of sp³-hybridized carbons (Fsp3) is 0.167. The van der Waals surface area contributed by atoms with Crippen LogP contribution in [0.2, 0.25) is 0 Å². The first-order valence-electron chi connectivity index (χ1n) is 6.97. The maximum absolute atomic E-state index is 12.4. The molecule has 0 fully saturated rings. The highest BCUT2D eigenvalue weighted by atomic mass is 16.5. The summed E-state index contributed by atoms with van der Waals surface area (Å²) in [6.07, 6.45) is 1.56. The van der Waals surface area contributed by atoms with Gasteiger partial charge in [-0.25, -0.2) is 4.79 Å². The molecule has 3 heteroatoms. The lowest BCUT2D eigenvalue weighted by atomic mass is 10.1. The number of carbonyl (C=O) groups excluding carboxylic acids is 1. The van der Waals surface area contributed by atoms with Crippen LogP contribution in [-0.4, -0.2) is 10.5 Å². The Kier molecular flexibility index (Phi) is 3.48. The summed E-state index contributed by atoms with van der Waals surface area (Å²) in [7, 11) is 1.93. The maximum Gasteiger partial charge on any atom is 0.340 e. The molecule has 1 atom stereocenters. The third-order valence-corrected chi connectivity index (χ3v) is 3.67. The van der Waals surface area contributed by atoms with Crippen LogP contribution >= 0.6 is 0 Å². The summed E-state index contributed by atoms with van der Waals surface area (Å²) < 4.78 is 7.54. The summed E-state index contributed by atoms with van der Waals surface area (Å²) in [6.45, 7) is 1.89. The number of benzene rings is 2. The molecule has 0 aliphatic heterocycles. The predicted octanol–water partition coefficient (Wildman–Crippen LogP) is 4.10. The van der Waals surface area contributed by atoms with Gasteiger partial charge < -0.3 is 9.30 Å². The van der Waals surface area contributed by atoms with Crippen molar-refractivity contribution in [1.82, 2.24) is 4.57 Å². The van der Waals surface area contributed by atoms with Crippen molar-refractivity contribution in [1.29, 1.82) is 0 Å². The van der Waals surface area contributed by atoms with E-state index in [1.807, 2.05) is 79.3 Å². The van der Waals surface area contributed by atoms with Crippen molar-refractivity contribution in [2.45, 2.75) is 13.0 Å². The maximum atomic E-state index is 12.4. The van der Waals surface area contributed by atoms with Crippen molar-refractivity contribution < 1.29 is 9.53 Å². The smallest absolute Gasteiger partial charge is 0.340 e. The van der Waals surface area contributed by atoms with E-state index in [0.29, 0.717) is 5.56 Å². The number of aromatic nitrogens is 1. The lowest BCUT2D eigenvalue weighted by Crippen LogP contribution is -2.08. The van der Waals surface area contributed by atoms with Crippen LogP contribution in [0.3, 0.4) is 0 Å². The molecule has 0 N–H and O–H groups in total. The molecule has 3 rings (SSSR count). The fourth-order valence-electron chi connectivity index (χ4n) is 2.52. The normalized spacial score (nSPS) is 12.3. The molecule has 0 bridgehead atoms. The van der Waals surface area contributed by atoms with Gasteiger partial charge in [0.2, 0.25) is 0 Å². The Morgan fingerprint density at radius 2 is 1.71 bits per heavy atom. The Hall–Kier alpha value is -2.55. The summed E-state index contributed by atoms with van der Waals surface area (Å²) >= 11 is 0. The molecule has 2 aromatic carbocycles. The molecule has 0 unspecified atom stereocenters. The SMILES string of the molecule is C[C@H](OC(=O)c1cn(C)c2ccccc12)c1ccccc1. The molecule has 0 radical (unpaired) electrons. The van der Waals surface area contributed by atoms with Crippen LogP contribution in [0.15, 0.2) is 60.8 Å². The second-order valence-corrected chi connectivity index (χ2v) is 5.13. The van der Waals surface area contributed by atoms with Gasteiger partial charge in [-0.3, -0.25) is 0 Å². The average Bonchev–Trinajstić information content (AvgIpc) is 2.86. The molecule has 0 saturated heterocycles. The largest absolute Gasteiger partial charge is 0.454 e. The first-order valence-corrected chi connectivity index (χ1v) is 6.97. The summed E-state index contributed by atoms with van der Waals surface area (Å²) in [5, 5.41) is 0.922. The number of ether oxygens (including phenoxy) is 1. The molecule has 0 aliphatic rings. The van der Waals surface area contributed by atoms with Crippen LogP contribution in [0.1, 0.15) is 28.9 Å². The molecule has 3 aromatic rings. The second-order valence-electron chi connectivity index (χ2n) is 5.13. The number of para-hydroxylation sites is 1. The molecule has 0 spiro atoms. The molecule has 1 aromatic heterocycles. The van der Waals surface area contributed by atoms with Crippen molar-refractivity contribution in [3.05, 3.63) is 71.9 Å². The molecule has 0 amide bonds. The Morgan fingerprint density at radius 1 is 1.05 bits per heavy atom. The van der Waals surface area contributed by atoms with Crippen molar-refractivity contribution in [3.8, 4) is 0 Å². The summed E-state index contributed by atoms with van der Waals surface area (Å²) in [4.78, 5) is 12.4. The molecule has 1 heterocycles. The van der Waals surface area contributed by atoms with Gasteiger partial charge in [-0.1, -0.05) is 48.5 Å². The minimum absolute atomic E-state index is 0.266. The molecule has 3 nitrogen and oxygen atoms in total. The van der Waals surface area contributed by atoms with E-state index in [1.165, 1.54) is 0 Å². The van der Waals surface area contributed by atoms with E-state index in [2.05, 4.69) is 0 Å². The number of rotatable bonds is 3. The monoisotopic (exact) mass is 279 g/mol. The lowest BCUT2D eigenvalue weighted by Gasteiger charge is -2.13. The molecular weight excluding hydrogens is 262 g/mol. The molecule has 21 heavy (non-hydrogen) atoms. The number of carbonyl (C=O) groups is 1. The van der Waals surface area contributed by atoms with Gasteiger partial charge in [0, 0.05) is 24.1 Å². The van der Waals surface area contributed by atoms with Gasteiger partial charge in [0.1, 0.15) is 6.10 Å². The quantitative estimate of drug-likeness (QED) is 0.676. The van der Waals surface area contributed by atoms with Gasteiger partial charge in [-0.15, -0.1) is 0 Å². The molecule has 0 saturated carbocycles.